The molecule has 0 radical (unpaired) electrons. The molecule has 0 unspecified atom stereocenters. The van der Waals surface area contributed by atoms with Crippen LogP contribution >= 0.6 is 0 Å². The molecule has 6 aromatic carbocycles. The number of esters is 2. The van der Waals surface area contributed by atoms with Gasteiger partial charge in [0.25, 0.3) is 0 Å². The van der Waals surface area contributed by atoms with Crippen LogP contribution in [-0.4, -0.2) is 50.0 Å². The number of rotatable bonds is 14. The van der Waals surface area contributed by atoms with Gasteiger partial charge in [-0.05, 0) is 106 Å². The summed E-state index contributed by atoms with van der Waals surface area (Å²) in [5, 5.41) is 18.7. The van der Waals surface area contributed by atoms with Crippen molar-refractivity contribution in [3.63, 3.8) is 0 Å². The number of hydrogen-bond donors (Lipinski definition) is 4. The lowest BCUT2D eigenvalue weighted by molar-refractivity contribution is 0.0725. The zero-order valence-electron chi connectivity index (χ0n) is 27.4. The summed E-state index contributed by atoms with van der Waals surface area (Å²) in [6.07, 6.45) is 0. The fourth-order valence-electron chi connectivity index (χ4n) is 5.16. The van der Waals surface area contributed by atoms with E-state index >= 15 is 0 Å². The number of nitrogens with one attached hydrogen (secondary N) is 2. The number of carbonyl (C=O) groups excluding carboxylic acids is 2. The maximum absolute atomic E-state index is 12.7. The van der Waals surface area contributed by atoms with E-state index in [4.69, 9.17) is 46.0 Å². The van der Waals surface area contributed by atoms with Crippen molar-refractivity contribution in [2.45, 2.75) is 0 Å². The molecule has 0 aromatic heterocycles. The normalized spacial score (nSPS) is 10.8. The Bertz CT molecular complexity index is 2080. The first kappa shape index (κ1) is 34.2. The molecular formula is C40H34N4O7. The second kappa shape index (κ2) is 15.7. The summed E-state index contributed by atoms with van der Waals surface area (Å²) in [6.45, 7) is 1.28. The van der Waals surface area contributed by atoms with Crippen LogP contribution < -0.4 is 30.4 Å². The summed E-state index contributed by atoms with van der Waals surface area (Å²) in [6, 6.07) is 34.6. The lowest BCUT2D eigenvalue weighted by Gasteiger charge is -2.10. The molecule has 256 valence electrons. The van der Waals surface area contributed by atoms with E-state index in [0.717, 1.165) is 21.5 Å². The van der Waals surface area contributed by atoms with Gasteiger partial charge in [0, 0.05) is 11.1 Å². The summed E-state index contributed by atoms with van der Waals surface area (Å²) < 4.78 is 28.1. The molecule has 11 heteroatoms. The number of hydrogen-bond acceptors (Lipinski definition) is 9. The zero-order chi connectivity index (χ0) is 35.7. The highest BCUT2D eigenvalue weighted by atomic mass is 16.5. The number of nitrogens with two attached hydrogens (primary N) is 2. The van der Waals surface area contributed by atoms with Crippen molar-refractivity contribution in [3.05, 3.63) is 144 Å². The Balaban J connectivity index is 0.877. The Morgan fingerprint density at radius 1 is 0.431 bits per heavy atom. The second-order valence-corrected chi connectivity index (χ2v) is 11.4. The molecule has 0 heterocycles. The lowest BCUT2D eigenvalue weighted by atomic mass is 10.1. The molecule has 0 saturated carbocycles. The summed E-state index contributed by atoms with van der Waals surface area (Å²) in [4.78, 5) is 25.3. The number of nitrogen functional groups attached to an aromatic ring is 2. The van der Waals surface area contributed by atoms with E-state index in [0.29, 0.717) is 71.7 Å². The van der Waals surface area contributed by atoms with Gasteiger partial charge in [-0.15, -0.1) is 0 Å². The van der Waals surface area contributed by atoms with Crippen LogP contribution in [0, 0.1) is 10.8 Å². The summed E-state index contributed by atoms with van der Waals surface area (Å²) in [7, 11) is 0. The molecule has 0 aliphatic carbocycles. The molecule has 0 fully saturated rings. The first-order chi connectivity index (χ1) is 24.7. The lowest BCUT2D eigenvalue weighted by Crippen LogP contribution is -2.12. The molecule has 11 nitrogen and oxygen atoms in total. The maximum atomic E-state index is 12.7. The molecule has 0 aliphatic heterocycles. The van der Waals surface area contributed by atoms with E-state index in [1.165, 1.54) is 0 Å². The molecule has 0 bridgehead atoms. The number of carbonyl (C=O) groups is 2. The Labute approximate surface area is 293 Å². The minimum atomic E-state index is -0.494. The molecule has 0 amide bonds. The van der Waals surface area contributed by atoms with Crippen molar-refractivity contribution >= 4 is 45.2 Å². The quantitative estimate of drug-likeness (QED) is 0.0329. The van der Waals surface area contributed by atoms with Crippen LogP contribution in [0.2, 0.25) is 0 Å². The van der Waals surface area contributed by atoms with E-state index in [1.54, 1.807) is 84.9 Å². The third-order valence-electron chi connectivity index (χ3n) is 7.84. The van der Waals surface area contributed by atoms with Gasteiger partial charge in [-0.3, -0.25) is 10.8 Å². The number of benzene rings is 6. The van der Waals surface area contributed by atoms with Crippen molar-refractivity contribution in [2.75, 3.05) is 26.4 Å². The summed E-state index contributed by atoms with van der Waals surface area (Å²) >= 11 is 0. The highest BCUT2D eigenvalue weighted by Crippen LogP contribution is 2.25. The predicted molar refractivity (Wildman–Crippen MR) is 195 cm³/mol. The third kappa shape index (κ3) is 8.85. The molecule has 0 spiro atoms. The van der Waals surface area contributed by atoms with Gasteiger partial charge in [0.2, 0.25) is 0 Å². The Morgan fingerprint density at radius 3 is 1.16 bits per heavy atom. The Hall–Kier alpha value is -6.72. The zero-order valence-corrected chi connectivity index (χ0v) is 27.4. The smallest absolute Gasteiger partial charge is 0.343 e. The van der Waals surface area contributed by atoms with Gasteiger partial charge in [0.05, 0.1) is 24.3 Å². The van der Waals surface area contributed by atoms with E-state index in [1.807, 2.05) is 36.4 Å². The van der Waals surface area contributed by atoms with Gasteiger partial charge in [-0.2, -0.15) is 0 Å². The summed E-state index contributed by atoms with van der Waals surface area (Å²) in [5.74, 6) is 0.984. The van der Waals surface area contributed by atoms with E-state index in [9.17, 15) is 9.59 Å². The highest BCUT2D eigenvalue weighted by Gasteiger charge is 2.12. The average molecular weight is 683 g/mol. The average Bonchev–Trinajstić information content (AvgIpc) is 3.14. The van der Waals surface area contributed by atoms with E-state index in [2.05, 4.69) is 0 Å². The third-order valence-corrected chi connectivity index (χ3v) is 7.84. The topological polar surface area (TPSA) is 180 Å². The summed E-state index contributed by atoms with van der Waals surface area (Å²) in [5.41, 5.74) is 13.1. The first-order valence-corrected chi connectivity index (χ1v) is 16.0. The number of ether oxygens (including phenoxy) is 5. The largest absolute Gasteiger partial charge is 0.491 e. The van der Waals surface area contributed by atoms with Crippen LogP contribution in [0.25, 0.3) is 21.5 Å². The molecule has 0 saturated heterocycles. The number of amidine groups is 2. The van der Waals surface area contributed by atoms with Gasteiger partial charge in [-0.25, -0.2) is 9.59 Å². The van der Waals surface area contributed by atoms with Gasteiger partial charge in [0.1, 0.15) is 47.9 Å². The monoisotopic (exact) mass is 682 g/mol. The van der Waals surface area contributed by atoms with Crippen LogP contribution in [0.4, 0.5) is 0 Å². The first-order valence-electron chi connectivity index (χ1n) is 16.0. The fourth-order valence-corrected chi connectivity index (χ4v) is 5.16. The Morgan fingerprint density at radius 2 is 0.765 bits per heavy atom. The molecule has 51 heavy (non-hydrogen) atoms. The van der Waals surface area contributed by atoms with Gasteiger partial charge >= 0.3 is 11.9 Å². The van der Waals surface area contributed by atoms with Crippen LogP contribution in [0.1, 0.15) is 31.8 Å². The van der Waals surface area contributed by atoms with Crippen molar-refractivity contribution in [2.24, 2.45) is 11.5 Å². The minimum absolute atomic E-state index is 0.00724. The van der Waals surface area contributed by atoms with Crippen molar-refractivity contribution in [1.82, 2.24) is 0 Å². The van der Waals surface area contributed by atoms with Gasteiger partial charge in [-0.1, -0.05) is 36.4 Å². The molecular weight excluding hydrogens is 648 g/mol. The Kier molecular flexibility index (Phi) is 10.5. The predicted octanol–water partition coefficient (Wildman–Crippen LogP) is 6.47. The van der Waals surface area contributed by atoms with Crippen LogP contribution in [-0.2, 0) is 4.74 Å². The van der Waals surface area contributed by atoms with Crippen molar-refractivity contribution in [1.29, 1.82) is 10.8 Å². The van der Waals surface area contributed by atoms with Crippen molar-refractivity contribution < 1.29 is 33.3 Å². The van der Waals surface area contributed by atoms with Gasteiger partial charge in [0.15, 0.2) is 0 Å². The molecule has 0 atom stereocenters. The fraction of sp³-hybridized carbons (Fsp3) is 0.100. The molecule has 6 rings (SSSR count). The van der Waals surface area contributed by atoms with Crippen LogP contribution in [0.3, 0.4) is 0 Å². The standard InChI is InChI=1S/C40H34N4O7/c41-37(42)31-3-1-29-23-35(15-9-27(29)21-31)50-39(45)25-5-11-33(12-6-25)48-19-17-47-18-20-49-34-13-7-26(8-14-34)40(46)51-36-16-10-28-22-32(38(43)44)4-2-30(28)24-36/h1-16,21-24H,17-20H2,(H3,41,42)(H3,43,44). The minimum Gasteiger partial charge on any atom is -0.491 e. The van der Waals surface area contributed by atoms with Crippen LogP contribution in [0.5, 0.6) is 23.0 Å². The second-order valence-electron chi connectivity index (χ2n) is 11.4. The van der Waals surface area contributed by atoms with E-state index < -0.39 is 11.9 Å². The van der Waals surface area contributed by atoms with E-state index in [-0.39, 0.29) is 11.7 Å². The molecule has 0 aliphatic rings. The van der Waals surface area contributed by atoms with Gasteiger partial charge < -0.3 is 35.2 Å². The molecule has 6 N–H and O–H groups in total. The number of fused-ring (bicyclic) bond motifs is 2. The molecule has 6 aromatic rings. The van der Waals surface area contributed by atoms with Crippen molar-refractivity contribution in [3.8, 4) is 23.0 Å². The maximum Gasteiger partial charge on any atom is 0.343 e. The SMILES string of the molecule is N=C(N)c1ccc2cc(OC(=O)c3ccc(OCCOCCOc4ccc(C(=O)Oc5ccc6cc(C(=N)N)ccc6c5)cc4)cc3)ccc2c1. The van der Waals surface area contributed by atoms with Crippen LogP contribution in [0.15, 0.2) is 121 Å². The highest BCUT2D eigenvalue weighted by molar-refractivity contribution is 6.00.